The predicted molar refractivity (Wildman–Crippen MR) is 118 cm³/mol. The highest BCUT2D eigenvalue weighted by Crippen LogP contribution is 2.25. The van der Waals surface area contributed by atoms with Crippen LogP contribution in [0.25, 0.3) is 0 Å². The molecule has 1 unspecified atom stereocenters. The summed E-state index contributed by atoms with van der Waals surface area (Å²) in [5.41, 5.74) is 2.00. The number of halogens is 1. The lowest BCUT2D eigenvalue weighted by molar-refractivity contribution is 0.237. The third-order valence-corrected chi connectivity index (χ3v) is 5.47. The van der Waals surface area contributed by atoms with E-state index in [0.717, 1.165) is 53.2 Å². The fraction of sp³-hybridized carbons (Fsp3) is 0.381. The second kappa shape index (κ2) is 9.81. The van der Waals surface area contributed by atoms with Crippen molar-refractivity contribution in [3.8, 4) is 5.75 Å². The highest BCUT2D eigenvalue weighted by Gasteiger charge is 2.24. The average molecular weight is 404 g/mol. The van der Waals surface area contributed by atoms with Gasteiger partial charge in [-0.05, 0) is 74.3 Å². The monoisotopic (exact) mass is 403 g/mol. The summed E-state index contributed by atoms with van der Waals surface area (Å²) >= 11 is 11.7. The third-order valence-electron chi connectivity index (χ3n) is 4.88. The number of para-hydroxylation sites is 2. The molecule has 0 aromatic heterocycles. The number of methoxy groups -OCH3 is 1. The minimum atomic E-state index is 0.438. The van der Waals surface area contributed by atoms with Crippen molar-refractivity contribution in [1.82, 2.24) is 4.90 Å². The Labute approximate surface area is 171 Å². The highest BCUT2D eigenvalue weighted by molar-refractivity contribution is 7.80. The molecule has 1 heterocycles. The van der Waals surface area contributed by atoms with Gasteiger partial charge in [0.15, 0.2) is 5.11 Å². The normalized spacial score (nSPS) is 16.7. The first kappa shape index (κ1) is 19.8. The van der Waals surface area contributed by atoms with Crippen LogP contribution < -0.4 is 15.4 Å². The highest BCUT2D eigenvalue weighted by atomic mass is 35.5. The van der Waals surface area contributed by atoms with Gasteiger partial charge in [-0.1, -0.05) is 23.7 Å². The van der Waals surface area contributed by atoms with E-state index in [9.17, 15) is 0 Å². The summed E-state index contributed by atoms with van der Waals surface area (Å²) in [6.45, 7) is 1.88. The molecular formula is C21H26ClN3OS. The van der Waals surface area contributed by atoms with E-state index < -0.39 is 0 Å². The fourth-order valence-electron chi connectivity index (χ4n) is 3.46. The summed E-state index contributed by atoms with van der Waals surface area (Å²) in [5, 5.41) is 8.37. The molecule has 144 valence electrons. The lowest BCUT2D eigenvalue weighted by Gasteiger charge is -2.38. The molecule has 0 aliphatic carbocycles. The molecule has 1 aliphatic heterocycles. The molecule has 0 spiro atoms. The summed E-state index contributed by atoms with van der Waals surface area (Å²) in [6.07, 6.45) is 4.62. The Morgan fingerprint density at radius 3 is 2.74 bits per heavy atom. The zero-order chi connectivity index (χ0) is 19.1. The maximum Gasteiger partial charge on any atom is 0.173 e. The lowest BCUT2D eigenvalue weighted by atomic mass is 10.00. The molecule has 0 radical (unpaired) electrons. The molecule has 1 fully saturated rings. The third kappa shape index (κ3) is 5.50. The Bertz CT molecular complexity index is 753. The molecule has 3 rings (SSSR count). The molecule has 27 heavy (non-hydrogen) atoms. The molecule has 0 bridgehead atoms. The van der Waals surface area contributed by atoms with Crippen LogP contribution in [0, 0.1) is 0 Å². The van der Waals surface area contributed by atoms with E-state index in [0.29, 0.717) is 6.04 Å². The van der Waals surface area contributed by atoms with E-state index in [4.69, 9.17) is 28.6 Å². The number of thiocarbonyl (C=S) groups is 1. The Morgan fingerprint density at radius 2 is 1.96 bits per heavy atom. The molecule has 2 aromatic carbocycles. The summed E-state index contributed by atoms with van der Waals surface area (Å²) in [4.78, 5) is 2.33. The van der Waals surface area contributed by atoms with Gasteiger partial charge in [0, 0.05) is 29.8 Å². The van der Waals surface area contributed by atoms with Crippen molar-refractivity contribution in [3.63, 3.8) is 0 Å². The first-order valence-corrected chi connectivity index (χ1v) is 10.2. The first-order chi connectivity index (χ1) is 13.2. The zero-order valence-electron chi connectivity index (χ0n) is 15.6. The standard InChI is InChI=1S/C21H26ClN3OS/c1-26-20-8-3-2-7-19(20)23-14-13-18-6-4-5-15-25(18)21(27)24-17-11-9-16(22)10-12-17/h2-3,7-12,18,23H,4-6,13-15H2,1H3,(H,24,27). The van der Waals surface area contributed by atoms with Gasteiger partial charge in [0.2, 0.25) is 0 Å². The van der Waals surface area contributed by atoms with Crippen LogP contribution >= 0.6 is 23.8 Å². The van der Waals surface area contributed by atoms with E-state index in [-0.39, 0.29) is 0 Å². The maximum absolute atomic E-state index is 5.96. The molecule has 4 nitrogen and oxygen atoms in total. The first-order valence-electron chi connectivity index (χ1n) is 9.37. The van der Waals surface area contributed by atoms with Gasteiger partial charge in [-0.2, -0.15) is 0 Å². The largest absolute Gasteiger partial charge is 0.495 e. The van der Waals surface area contributed by atoms with Gasteiger partial charge in [0.1, 0.15) is 5.75 Å². The van der Waals surface area contributed by atoms with Gasteiger partial charge in [0.25, 0.3) is 0 Å². The van der Waals surface area contributed by atoms with Crippen LogP contribution in [0.15, 0.2) is 48.5 Å². The van der Waals surface area contributed by atoms with Gasteiger partial charge < -0.3 is 20.3 Å². The topological polar surface area (TPSA) is 36.5 Å². The predicted octanol–water partition coefficient (Wildman–Crippen LogP) is 5.40. The molecule has 0 amide bonds. The van der Waals surface area contributed by atoms with Crippen LogP contribution in [0.2, 0.25) is 5.02 Å². The van der Waals surface area contributed by atoms with Gasteiger partial charge in [-0.3, -0.25) is 0 Å². The molecule has 1 aliphatic rings. The fourth-order valence-corrected chi connectivity index (χ4v) is 3.94. The smallest absolute Gasteiger partial charge is 0.173 e. The number of hydrogen-bond donors (Lipinski definition) is 2. The Balaban J connectivity index is 1.56. The van der Waals surface area contributed by atoms with Gasteiger partial charge in [-0.15, -0.1) is 0 Å². The van der Waals surface area contributed by atoms with Crippen LogP contribution in [0.3, 0.4) is 0 Å². The quantitative estimate of drug-likeness (QED) is 0.631. The molecule has 0 saturated carbocycles. The number of nitrogens with one attached hydrogen (secondary N) is 2. The maximum atomic E-state index is 5.96. The van der Waals surface area contributed by atoms with Crippen molar-refractivity contribution in [2.75, 3.05) is 30.8 Å². The van der Waals surface area contributed by atoms with Crippen molar-refractivity contribution >= 4 is 40.3 Å². The molecule has 6 heteroatoms. The van der Waals surface area contributed by atoms with E-state index >= 15 is 0 Å². The minimum Gasteiger partial charge on any atom is -0.495 e. The van der Waals surface area contributed by atoms with Crippen LogP contribution in [-0.4, -0.2) is 36.3 Å². The number of ether oxygens (including phenoxy) is 1. The number of anilines is 2. The number of benzene rings is 2. The van der Waals surface area contributed by atoms with Crippen molar-refractivity contribution < 1.29 is 4.74 Å². The van der Waals surface area contributed by atoms with Gasteiger partial charge >= 0.3 is 0 Å². The van der Waals surface area contributed by atoms with E-state index in [1.165, 1.54) is 12.8 Å². The number of nitrogens with zero attached hydrogens (tertiary/aromatic N) is 1. The number of rotatable bonds is 6. The second-order valence-electron chi connectivity index (χ2n) is 6.70. The van der Waals surface area contributed by atoms with Crippen LogP contribution in [0.5, 0.6) is 5.75 Å². The van der Waals surface area contributed by atoms with Gasteiger partial charge in [0.05, 0.1) is 12.8 Å². The van der Waals surface area contributed by atoms with E-state index in [1.54, 1.807) is 7.11 Å². The molecular weight excluding hydrogens is 378 g/mol. The Hall–Kier alpha value is -1.98. The SMILES string of the molecule is COc1ccccc1NCCC1CCCCN1C(=S)Nc1ccc(Cl)cc1. The number of likely N-dealkylation sites (tertiary alicyclic amines) is 1. The number of hydrogen-bond acceptors (Lipinski definition) is 3. The molecule has 1 saturated heterocycles. The average Bonchev–Trinajstić information content (AvgIpc) is 2.70. The van der Waals surface area contributed by atoms with E-state index in [1.807, 2.05) is 48.5 Å². The van der Waals surface area contributed by atoms with Crippen LogP contribution in [-0.2, 0) is 0 Å². The van der Waals surface area contributed by atoms with Crippen LogP contribution in [0.4, 0.5) is 11.4 Å². The van der Waals surface area contributed by atoms with Crippen LogP contribution in [0.1, 0.15) is 25.7 Å². The lowest BCUT2D eigenvalue weighted by Crippen LogP contribution is -2.46. The van der Waals surface area contributed by atoms with E-state index in [2.05, 4.69) is 15.5 Å². The number of piperidine rings is 1. The molecule has 2 N–H and O–H groups in total. The van der Waals surface area contributed by atoms with Crippen molar-refractivity contribution in [2.24, 2.45) is 0 Å². The van der Waals surface area contributed by atoms with Crippen molar-refractivity contribution in [2.45, 2.75) is 31.7 Å². The van der Waals surface area contributed by atoms with Crippen molar-refractivity contribution in [3.05, 3.63) is 53.6 Å². The second-order valence-corrected chi connectivity index (χ2v) is 7.52. The van der Waals surface area contributed by atoms with Gasteiger partial charge in [-0.25, -0.2) is 0 Å². The summed E-state index contributed by atoms with van der Waals surface area (Å²) < 4.78 is 5.41. The zero-order valence-corrected chi connectivity index (χ0v) is 17.2. The Morgan fingerprint density at radius 1 is 1.19 bits per heavy atom. The Kier molecular flexibility index (Phi) is 7.18. The molecule has 1 atom stereocenters. The van der Waals surface area contributed by atoms with Crippen molar-refractivity contribution in [1.29, 1.82) is 0 Å². The summed E-state index contributed by atoms with van der Waals surface area (Å²) in [6, 6.07) is 16.1. The molecule has 2 aromatic rings. The minimum absolute atomic E-state index is 0.438. The summed E-state index contributed by atoms with van der Waals surface area (Å²) in [5.74, 6) is 0.873. The summed E-state index contributed by atoms with van der Waals surface area (Å²) in [7, 11) is 1.70.